The van der Waals surface area contributed by atoms with E-state index >= 15 is 0 Å². The van der Waals surface area contributed by atoms with E-state index < -0.39 is 11.9 Å². The number of aryl methyl sites for hydroxylation is 1. The quantitative estimate of drug-likeness (QED) is 0.518. The number of aromatic nitrogens is 2. The fourth-order valence-electron chi connectivity index (χ4n) is 4.09. The van der Waals surface area contributed by atoms with Crippen molar-refractivity contribution >= 4 is 35.0 Å². The molecular weight excluding hydrogens is 464 g/mol. The Bertz CT molecular complexity index is 1280. The molecule has 2 aliphatic rings. The number of nitrogens with zero attached hydrogens (tertiary/aromatic N) is 3. The van der Waals surface area contributed by atoms with Crippen molar-refractivity contribution in [2.24, 2.45) is 4.99 Å². The molecule has 1 aromatic carbocycles. The smallest absolute Gasteiger partial charge is 0.343 e. The maximum absolute atomic E-state index is 12.9. The number of hydrogen-bond acceptors (Lipinski definition) is 9. The van der Waals surface area contributed by atoms with Gasteiger partial charge in [-0.25, -0.2) is 14.8 Å². The summed E-state index contributed by atoms with van der Waals surface area (Å²) in [5.41, 5.74) is 2.66. The van der Waals surface area contributed by atoms with E-state index in [2.05, 4.69) is 25.6 Å². The van der Waals surface area contributed by atoms with E-state index in [0.717, 1.165) is 0 Å². The van der Waals surface area contributed by atoms with Crippen molar-refractivity contribution in [3.05, 3.63) is 57.1 Å². The summed E-state index contributed by atoms with van der Waals surface area (Å²) in [6.45, 7) is 7.84. The lowest BCUT2D eigenvalue weighted by Gasteiger charge is -2.27. The van der Waals surface area contributed by atoms with Crippen molar-refractivity contribution in [3.63, 3.8) is 0 Å². The molecule has 0 atom stereocenters. The number of rotatable bonds is 6. The average molecular weight is 495 g/mol. The summed E-state index contributed by atoms with van der Waals surface area (Å²) in [5, 5.41) is 5.92. The van der Waals surface area contributed by atoms with E-state index in [1.807, 2.05) is 23.1 Å². The topological polar surface area (TPSA) is 138 Å². The zero-order chi connectivity index (χ0) is 25.7. The van der Waals surface area contributed by atoms with Gasteiger partial charge in [0, 0.05) is 36.5 Å². The van der Waals surface area contributed by atoms with Gasteiger partial charge in [-0.3, -0.25) is 14.6 Å². The van der Waals surface area contributed by atoms with E-state index in [-0.39, 0.29) is 36.4 Å². The van der Waals surface area contributed by atoms with E-state index in [9.17, 15) is 14.4 Å². The van der Waals surface area contributed by atoms with E-state index in [1.165, 1.54) is 0 Å². The van der Waals surface area contributed by atoms with Crippen LogP contribution in [0.25, 0.3) is 0 Å². The van der Waals surface area contributed by atoms with Crippen LogP contribution in [-0.2, 0) is 25.5 Å². The Morgan fingerprint density at radius 1 is 1.19 bits per heavy atom. The number of amidine groups is 1. The van der Waals surface area contributed by atoms with Gasteiger partial charge in [-0.2, -0.15) is 0 Å². The minimum absolute atomic E-state index is 0.00570. The van der Waals surface area contributed by atoms with Crippen LogP contribution < -0.4 is 21.1 Å². The van der Waals surface area contributed by atoms with Crippen LogP contribution in [0.5, 0.6) is 0 Å². The summed E-state index contributed by atoms with van der Waals surface area (Å²) in [4.78, 5) is 52.3. The summed E-state index contributed by atoms with van der Waals surface area (Å²) in [5.74, 6) is -0.379. The number of aromatic amines is 1. The summed E-state index contributed by atoms with van der Waals surface area (Å²) in [6.07, 6.45) is 0.189. The summed E-state index contributed by atoms with van der Waals surface area (Å²) in [7, 11) is 0. The van der Waals surface area contributed by atoms with Crippen LogP contribution in [-0.4, -0.2) is 60.6 Å². The number of anilines is 2. The Morgan fingerprint density at radius 3 is 2.67 bits per heavy atom. The number of ether oxygens (including phenoxy) is 2. The number of allylic oxidation sites excluding steroid dienone is 1. The minimum Gasteiger partial charge on any atom is -0.462 e. The third kappa shape index (κ3) is 5.62. The fourth-order valence-corrected chi connectivity index (χ4v) is 4.09. The molecule has 190 valence electrons. The molecule has 2 aromatic rings. The fraction of sp³-hybridized carbons (Fsp3) is 0.400. The molecule has 0 unspecified atom stereocenters. The highest BCUT2D eigenvalue weighted by Gasteiger charge is 2.26. The van der Waals surface area contributed by atoms with E-state index in [0.29, 0.717) is 60.6 Å². The number of carbonyl (C=O) groups excluding carboxylic acids is 2. The molecule has 11 heteroatoms. The summed E-state index contributed by atoms with van der Waals surface area (Å²) >= 11 is 0. The Morgan fingerprint density at radius 2 is 1.94 bits per heavy atom. The average Bonchev–Trinajstić information content (AvgIpc) is 2.99. The number of morpholine rings is 1. The second kappa shape index (κ2) is 11.2. The van der Waals surface area contributed by atoms with E-state index in [4.69, 9.17) is 9.47 Å². The SMILES string of the molecule is CCOC(=O)C1=C(C)Nc2ccccc2N=C1NC(=O)CCc1c(C)nc(N2CCOCC2)[nH]c1=O. The van der Waals surface area contributed by atoms with Gasteiger partial charge < -0.3 is 25.0 Å². The van der Waals surface area contributed by atoms with Gasteiger partial charge in [-0.15, -0.1) is 0 Å². The monoisotopic (exact) mass is 494 g/mol. The first-order chi connectivity index (χ1) is 17.4. The molecule has 4 rings (SSSR count). The molecule has 36 heavy (non-hydrogen) atoms. The largest absolute Gasteiger partial charge is 0.462 e. The molecule has 3 heterocycles. The normalized spacial score (nSPS) is 15.4. The van der Waals surface area contributed by atoms with Gasteiger partial charge in [0.05, 0.1) is 31.2 Å². The highest BCUT2D eigenvalue weighted by molar-refractivity contribution is 6.24. The molecule has 1 saturated heterocycles. The number of carbonyl (C=O) groups is 2. The molecule has 1 aromatic heterocycles. The molecule has 0 bridgehead atoms. The number of benzene rings is 1. The Kier molecular flexibility index (Phi) is 7.79. The first-order valence-corrected chi connectivity index (χ1v) is 11.9. The molecule has 0 spiro atoms. The predicted octanol–water partition coefficient (Wildman–Crippen LogP) is 1.96. The molecule has 2 aliphatic heterocycles. The number of fused-ring (bicyclic) bond motifs is 1. The lowest BCUT2D eigenvalue weighted by atomic mass is 10.1. The number of nitrogens with one attached hydrogen (secondary N) is 3. The van der Waals surface area contributed by atoms with Crippen molar-refractivity contribution in [3.8, 4) is 0 Å². The summed E-state index contributed by atoms with van der Waals surface area (Å²) in [6, 6.07) is 7.27. The van der Waals surface area contributed by atoms with Crippen molar-refractivity contribution in [1.82, 2.24) is 15.3 Å². The van der Waals surface area contributed by atoms with Crippen LogP contribution in [0.4, 0.5) is 17.3 Å². The molecular formula is C25H30N6O5. The zero-order valence-corrected chi connectivity index (χ0v) is 20.6. The highest BCUT2D eigenvalue weighted by Crippen LogP contribution is 2.30. The molecule has 11 nitrogen and oxygen atoms in total. The van der Waals surface area contributed by atoms with Crippen LogP contribution in [0.2, 0.25) is 0 Å². The van der Waals surface area contributed by atoms with E-state index in [1.54, 1.807) is 26.8 Å². The van der Waals surface area contributed by atoms with Crippen LogP contribution in [0.1, 0.15) is 31.5 Å². The third-order valence-electron chi connectivity index (χ3n) is 5.93. The van der Waals surface area contributed by atoms with Crippen LogP contribution in [0, 0.1) is 6.92 Å². The van der Waals surface area contributed by atoms with Crippen molar-refractivity contribution < 1.29 is 19.1 Å². The Hall–Kier alpha value is -3.99. The maximum atomic E-state index is 12.9. The van der Waals surface area contributed by atoms with Gasteiger partial charge in [-0.05, 0) is 39.3 Å². The minimum atomic E-state index is -0.593. The lowest BCUT2D eigenvalue weighted by Crippen LogP contribution is -2.39. The number of aliphatic imine (C=N–C) groups is 1. The van der Waals surface area contributed by atoms with Crippen LogP contribution in [0.3, 0.4) is 0 Å². The predicted molar refractivity (Wildman–Crippen MR) is 136 cm³/mol. The second-order valence-corrected chi connectivity index (χ2v) is 8.42. The number of hydrogen-bond donors (Lipinski definition) is 3. The highest BCUT2D eigenvalue weighted by atomic mass is 16.5. The molecule has 1 amide bonds. The van der Waals surface area contributed by atoms with Crippen molar-refractivity contribution in [1.29, 1.82) is 0 Å². The Labute approximate surface area is 208 Å². The van der Waals surface area contributed by atoms with Gasteiger partial charge in [-0.1, -0.05) is 12.1 Å². The zero-order valence-electron chi connectivity index (χ0n) is 20.6. The number of amides is 1. The Balaban J connectivity index is 1.52. The summed E-state index contributed by atoms with van der Waals surface area (Å²) < 4.78 is 10.6. The van der Waals surface area contributed by atoms with Gasteiger partial charge >= 0.3 is 5.97 Å². The number of esters is 1. The third-order valence-corrected chi connectivity index (χ3v) is 5.93. The first-order valence-electron chi connectivity index (χ1n) is 11.9. The van der Waals surface area contributed by atoms with Gasteiger partial charge in [0.2, 0.25) is 11.9 Å². The lowest BCUT2D eigenvalue weighted by molar-refractivity contribution is -0.137. The van der Waals surface area contributed by atoms with Crippen LogP contribution in [0.15, 0.2) is 45.3 Å². The first kappa shape index (κ1) is 25.1. The molecule has 0 radical (unpaired) electrons. The standard InChI is InChI=1S/C25H30N6O5/c1-4-36-24(34)21-16(3)26-18-7-5-6-8-19(18)28-22(21)29-20(32)10-9-17-15(2)27-25(30-23(17)33)31-11-13-35-14-12-31/h5-8,26H,4,9-14H2,1-3H3,(H,27,30,33)(H,28,29,32). The van der Waals surface area contributed by atoms with Gasteiger partial charge in [0.25, 0.3) is 5.56 Å². The van der Waals surface area contributed by atoms with Crippen molar-refractivity contribution in [2.45, 2.75) is 33.6 Å². The number of para-hydroxylation sites is 2. The molecule has 0 saturated carbocycles. The van der Waals surface area contributed by atoms with Crippen molar-refractivity contribution in [2.75, 3.05) is 43.1 Å². The number of H-pyrrole nitrogens is 1. The molecule has 0 aliphatic carbocycles. The molecule has 1 fully saturated rings. The second-order valence-electron chi connectivity index (χ2n) is 8.42. The molecule has 3 N–H and O–H groups in total. The maximum Gasteiger partial charge on any atom is 0.343 e. The van der Waals surface area contributed by atoms with Crippen LogP contribution >= 0.6 is 0 Å². The van der Waals surface area contributed by atoms with Gasteiger partial charge in [0.15, 0.2) is 0 Å². The van der Waals surface area contributed by atoms with Gasteiger partial charge in [0.1, 0.15) is 11.4 Å².